The van der Waals surface area contributed by atoms with Crippen LogP contribution in [0.2, 0.25) is 0 Å². The van der Waals surface area contributed by atoms with Crippen LogP contribution in [0.5, 0.6) is 0 Å². The minimum absolute atomic E-state index is 0.177. The number of aromatic nitrogens is 2. The van der Waals surface area contributed by atoms with Crippen LogP contribution in [0.1, 0.15) is 17.0 Å². The van der Waals surface area contributed by atoms with E-state index < -0.39 is 0 Å². The van der Waals surface area contributed by atoms with E-state index in [-0.39, 0.29) is 12.5 Å². The van der Waals surface area contributed by atoms with Gasteiger partial charge in [0.25, 0.3) is 0 Å². The van der Waals surface area contributed by atoms with E-state index in [1.165, 1.54) is 7.11 Å². The Morgan fingerprint density at radius 1 is 1.57 bits per heavy atom. The number of carbonyl (C=O) groups is 1. The Hall–Kier alpha value is -0.840. The molecule has 0 aromatic carbocycles. The van der Waals surface area contributed by atoms with Crippen LogP contribution in [0.15, 0.2) is 0 Å². The number of methoxy groups -OCH3 is 1. The van der Waals surface area contributed by atoms with E-state index in [1.54, 1.807) is 4.68 Å². The Kier molecular flexibility index (Phi) is 3.69. The van der Waals surface area contributed by atoms with Crippen LogP contribution in [0.4, 0.5) is 0 Å². The van der Waals surface area contributed by atoms with E-state index in [1.807, 2.05) is 13.8 Å². The fourth-order valence-electron chi connectivity index (χ4n) is 1.17. The summed E-state index contributed by atoms with van der Waals surface area (Å²) in [5.41, 5.74) is 3.09. The maximum absolute atomic E-state index is 11.0. The first-order valence-electron chi connectivity index (χ1n) is 4.25. The van der Waals surface area contributed by atoms with Gasteiger partial charge in [0.15, 0.2) is 0 Å². The van der Waals surface area contributed by atoms with E-state index in [9.17, 15) is 4.79 Å². The first-order chi connectivity index (χ1) is 6.60. The van der Waals surface area contributed by atoms with E-state index >= 15 is 0 Å². The molecule has 4 nitrogen and oxygen atoms in total. The summed E-state index contributed by atoms with van der Waals surface area (Å²) in [7, 11) is 1.37. The zero-order valence-corrected chi connectivity index (χ0v) is 10.1. The highest BCUT2D eigenvalue weighted by molar-refractivity contribution is 9.08. The van der Waals surface area contributed by atoms with E-state index in [4.69, 9.17) is 0 Å². The van der Waals surface area contributed by atoms with Crippen molar-refractivity contribution in [2.45, 2.75) is 25.7 Å². The molecule has 0 radical (unpaired) electrons. The number of rotatable bonds is 3. The number of alkyl halides is 1. The number of hydrogen-bond acceptors (Lipinski definition) is 3. The van der Waals surface area contributed by atoms with Gasteiger partial charge in [0.05, 0.1) is 12.8 Å². The van der Waals surface area contributed by atoms with Gasteiger partial charge in [-0.15, -0.1) is 0 Å². The van der Waals surface area contributed by atoms with Crippen molar-refractivity contribution < 1.29 is 9.53 Å². The SMILES string of the molecule is COC(=O)Cn1nc(CBr)c(C)c1C. The predicted molar refractivity (Wildman–Crippen MR) is 56.3 cm³/mol. The van der Waals surface area contributed by atoms with Gasteiger partial charge in [0.2, 0.25) is 0 Å². The minimum Gasteiger partial charge on any atom is -0.468 e. The second kappa shape index (κ2) is 4.59. The van der Waals surface area contributed by atoms with Crippen molar-refractivity contribution in [1.82, 2.24) is 9.78 Å². The standard InChI is InChI=1S/C9H13BrN2O2/c1-6-7(2)12(5-9(13)14-3)11-8(6)4-10/h4-5H2,1-3H3. The number of carbonyl (C=O) groups excluding carboxylic acids is 1. The molecule has 0 aliphatic heterocycles. The van der Waals surface area contributed by atoms with Crippen LogP contribution in [-0.4, -0.2) is 22.9 Å². The Balaban J connectivity index is 2.93. The van der Waals surface area contributed by atoms with Gasteiger partial charge in [-0.1, -0.05) is 15.9 Å². The number of ether oxygens (including phenoxy) is 1. The lowest BCUT2D eigenvalue weighted by Crippen LogP contribution is -2.14. The summed E-state index contributed by atoms with van der Waals surface area (Å²) in [6.07, 6.45) is 0. The number of hydrogen-bond donors (Lipinski definition) is 0. The first kappa shape index (κ1) is 11.2. The third-order valence-electron chi connectivity index (χ3n) is 2.24. The molecule has 14 heavy (non-hydrogen) atoms. The highest BCUT2D eigenvalue weighted by atomic mass is 79.9. The predicted octanol–water partition coefficient (Wildman–Crippen LogP) is 1.57. The lowest BCUT2D eigenvalue weighted by Gasteiger charge is -2.01. The molecule has 78 valence electrons. The van der Waals surface area contributed by atoms with Gasteiger partial charge in [-0.3, -0.25) is 9.48 Å². The molecule has 0 aliphatic rings. The molecule has 1 heterocycles. The molecule has 5 heteroatoms. The average Bonchev–Trinajstić information content (AvgIpc) is 2.45. The topological polar surface area (TPSA) is 44.1 Å². The summed E-state index contributed by atoms with van der Waals surface area (Å²) in [5, 5.41) is 4.99. The van der Waals surface area contributed by atoms with Gasteiger partial charge in [0, 0.05) is 11.0 Å². The molecule has 0 N–H and O–H groups in total. The third-order valence-corrected chi connectivity index (χ3v) is 2.77. The Bertz CT molecular complexity index is 347. The normalized spacial score (nSPS) is 10.3. The lowest BCUT2D eigenvalue weighted by atomic mass is 10.2. The molecule has 0 spiro atoms. The molecule has 1 aromatic heterocycles. The molecule has 0 bridgehead atoms. The van der Waals surface area contributed by atoms with Crippen molar-refractivity contribution in [2.24, 2.45) is 0 Å². The Morgan fingerprint density at radius 3 is 2.64 bits per heavy atom. The minimum atomic E-state index is -0.281. The molecule has 1 rings (SSSR count). The number of halogens is 1. The molecular formula is C9H13BrN2O2. The van der Waals surface area contributed by atoms with Crippen LogP contribution < -0.4 is 0 Å². The zero-order valence-electron chi connectivity index (χ0n) is 8.50. The van der Waals surface area contributed by atoms with Gasteiger partial charge < -0.3 is 4.74 Å². The van der Waals surface area contributed by atoms with Gasteiger partial charge >= 0.3 is 5.97 Å². The maximum Gasteiger partial charge on any atom is 0.327 e. The Labute approximate surface area is 91.4 Å². The monoisotopic (exact) mass is 260 g/mol. The van der Waals surface area contributed by atoms with E-state index in [0.717, 1.165) is 17.0 Å². The summed E-state index contributed by atoms with van der Waals surface area (Å²) < 4.78 is 6.24. The third kappa shape index (κ3) is 2.15. The molecular weight excluding hydrogens is 248 g/mol. The fraction of sp³-hybridized carbons (Fsp3) is 0.556. The van der Waals surface area contributed by atoms with Gasteiger partial charge in [-0.25, -0.2) is 0 Å². The van der Waals surface area contributed by atoms with Crippen LogP contribution in [0, 0.1) is 13.8 Å². The molecule has 0 unspecified atom stereocenters. The number of nitrogens with zero attached hydrogens (tertiary/aromatic N) is 2. The highest BCUT2D eigenvalue weighted by Gasteiger charge is 2.12. The summed E-state index contributed by atoms with van der Waals surface area (Å²) >= 11 is 3.35. The molecule has 1 aromatic rings. The summed E-state index contributed by atoms with van der Waals surface area (Å²) in [6, 6.07) is 0. The smallest absolute Gasteiger partial charge is 0.327 e. The largest absolute Gasteiger partial charge is 0.468 e. The maximum atomic E-state index is 11.0. The molecule has 0 saturated heterocycles. The van der Waals surface area contributed by atoms with Crippen LogP contribution in [0.3, 0.4) is 0 Å². The first-order valence-corrected chi connectivity index (χ1v) is 5.38. The fourth-order valence-corrected chi connectivity index (χ4v) is 1.70. The van der Waals surface area contributed by atoms with Crippen molar-refractivity contribution in [2.75, 3.05) is 7.11 Å². The number of esters is 1. The summed E-state index contributed by atoms with van der Waals surface area (Å²) in [5.74, 6) is -0.281. The quantitative estimate of drug-likeness (QED) is 0.612. The summed E-state index contributed by atoms with van der Waals surface area (Å²) in [6.45, 7) is 4.11. The van der Waals surface area contributed by atoms with Crippen molar-refractivity contribution in [3.05, 3.63) is 17.0 Å². The molecule has 0 saturated carbocycles. The Morgan fingerprint density at radius 2 is 2.21 bits per heavy atom. The van der Waals surface area contributed by atoms with Crippen molar-refractivity contribution in [1.29, 1.82) is 0 Å². The van der Waals surface area contributed by atoms with Crippen LogP contribution in [0.25, 0.3) is 0 Å². The molecule has 0 fully saturated rings. The van der Waals surface area contributed by atoms with E-state index in [2.05, 4.69) is 25.8 Å². The van der Waals surface area contributed by atoms with Crippen molar-refractivity contribution in [3.8, 4) is 0 Å². The van der Waals surface area contributed by atoms with Crippen LogP contribution in [-0.2, 0) is 21.4 Å². The second-order valence-corrected chi connectivity index (χ2v) is 3.59. The summed E-state index contributed by atoms with van der Waals surface area (Å²) in [4.78, 5) is 11.0. The van der Waals surface area contributed by atoms with Gasteiger partial charge in [-0.2, -0.15) is 5.10 Å². The highest BCUT2D eigenvalue weighted by Crippen LogP contribution is 2.14. The zero-order chi connectivity index (χ0) is 10.7. The molecule has 0 amide bonds. The van der Waals surface area contributed by atoms with Crippen molar-refractivity contribution >= 4 is 21.9 Å². The van der Waals surface area contributed by atoms with Gasteiger partial charge in [0.1, 0.15) is 6.54 Å². The van der Waals surface area contributed by atoms with E-state index in [0.29, 0.717) is 5.33 Å². The van der Waals surface area contributed by atoms with Gasteiger partial charge in [-0.05, 0) is 19.4 Å². The molecule has 0 atom stereocenters. The average molecular weight is 261 g/mol. The van der Waals surface area contributed by atoms with Crippen molar-refractivity contribution in [3.63, 3.8) is 0 Å². The molecule has 0 aliphatic carbocycles. The van der Waals surface area contributed by atoms with Crippen LogP contribution >= 0.6 is 15.9 Å². The second-order valence-electron chi connectivity index (χ2n) is 3.02. The lowest BCUT2D eigenvalue weighted by molar-refractivity contribution is -0.141.